The molecular weight excluding hydrogens is 178 g/mol. The molecule has 0 bridgehead atoms. The zero-order valence-electron chi connectivity index (χ0n) is 2.30. The minimum Gasteiger partial charge on any atom is 0 e. The molecule has 39 valence electrons. The number of rotatable bonds is 0. The van der Waals surface area contributed by atoms with Crippen LogP contribution in [0, 0.1) is 0 Å². The Balaban J connectivity index is -0.0000000150. The van der Waals surface area contributed by atoms with E-state index in [0.29, 0.717) is 0 Å². The summed E-state index contributed by atoms with van der Waals surface area (Å²) in [7, 11) is -2.17. The second kappa shape index (κ2) is 15.8. The molecule has 3 nitrogen and oxygen atoms in total. The van der Waals surface area contributed by atoms with Gasteiger partial charge in [-0.1, -0.05) is 0 Å². The molecule has 0 aliphatic carbocycles. The average Bonchev–Trinajstić information content (AvgIpc) is 0.811. The van der Waals surface area contributed by atoms with Crippen LogP contribution < -0.4 is 0 Å². The largest absolute Gasteiger partial charge is 0.316 e. The average molecular weight is 185 g/mol. The Bertz CT molecular complexity index is 19.7. The maximum absolute atomic E-state index is 7.17. The van der Waals surface area contributed by atoms with Crippen molar-refractivity contribution in [3.63, 3.8) is 0 Å². The molecule has 0 aromatic rings. The van der Waals surface area contributed by atoms with E-state index in [4.69, 9.17) is 15.1 Å². The van der Waals surface area contributed by atoms with E-state index in [-0.39, 0.29) is 77.9 Å². The summed E-state index contributed by atoms with van der Waals surface area (Å²) in [4.78, 5) is 0. The molecule has 0 saturated heterocycles. The molecule has 0 aromatic carbocycles. The molecule has 1 radical (unpaired) electrons. The second-order valence-corrected chi connectivity index (χ2v) is 0.346. The van der Waals surface area contributed by atoms with Crippen LogP contribution in [-0.2, 0) is 17.1 Å². The molecule has 0 unspecified atom stereocenters. The Morgan fingerprint density at radius 2 is 1.00 bits per heavy atom. The SMILES string of the molecule is OB(O)O.[CaH2].[MgH2].[Mn]. The first-order chi connectivity index (χ1) is 1.73. The molecule has 0 atom stereocenters. The van der Waals surface area contributed by atoms with Crippen LogP contribution in [0.2, 0.25) is 0 Å². The van der Waals surface area contributed by atoms with Crippen LogP contribution in [-0.4, -0.2) is 83.2 Å². The van der Waals surface area contributed by atoms with Crippen molar-refractivity contribution in [3.05, 3.63) is 0 Å². The first-order valence-corrected chi connectivity index (χ1v) is 0.775. The van der Waals surface area contributed by atoms with Crippen molar-refractivity contribution < 1.29 is 32.1 Å². The maximum Gasteiger partial charge on any atom is 0.316 e. The fraction of sp³-hybridized carbons (Fsp3) is 0. The molecule has 0 aliphatic rings. The van der Waals surface area contributed by atoms with Gasteiger partial charge in [-0.2, -0.15) is 0 Å². The van der Waals surface area contributed by atoms with E-state index >= 15 is 0 Å². The zero-order valence-corrected chi connectivity index (χ0v) is 3.48. The topological polar surface area (TPSA) is 60.7 Å². The number of hydrogen-bond acceptors (Lipinski definition) is 3. The molecule has 0 amide bonds. The van der Waals surface area contributed by atoms with Gasteiger partial charge in [-0.05, 0) is 0 Å². The van der Waals surface area contributed by atoms with E-state index in [1.165, 1.54) is 0 Å². The molecule has 0 rings (SSSR count). The van der Waals surface area contributed by atoms with Crippen LogP contribution in [0.4, 0.5) is 0 Å². The minimum absolute atomic E-state index is 0. The van der Waals surface area contributed by atoms with Gasteiger partial charge >= 0.3 is 68.1 Å². The van der Waals surface area contributed by atoms with E-state index in [2.05, 4.69) is 0 Å². The van der Waals surface area contributed by atoms with E-state index in [0.717, 1.165) is 0 Å². The molecule has 0 saturated carbocycles. The van der Waals surface area contributed by atoms with Crippen LogP contribution in [0.25, 0.3) is 0 Å². The van der Waals surface area contributed by atoms with Gasteiger partial charge in [-0.25, -0.2) is 0 Å². The Kier molecular flexibility index (Phi) is 51.2. The van der Waals surface area contributed by atoms with Crippen molar-refractivity contribution in [2.45, 2.75) is 0 Å². The normalized spacial score (nSPS) is 3.86. The molecule has 0 aliphatic heterocycles. The van der Waals surface area contributed by atoms with Gasteiger partial charge in [0, 0.05) is 17.1 Å². The van der Waals surface area contributed by atoms with Crippen molar-refractivity contribution in [1.82, 2.24) is 0 Å². The standard InChI is InChI=1S/BH3O3.Ca.Mg.Mn.4H/c2-1(3)4;;;;;;;/h2-4H;;;;;;;. The maximum atomic E-state index is 7.17. The van der Waals surface area contributed by atoms with Gasteiger partial charge in [0.2, 0.25) is 0 Å². The van der Waals surface area contributed by atoms with Gasteiger partial charge in [0.05, 0.1) is 0 Å². The van der Waals surface area contributed by atoms with E-state index in [9.17, 15) is 0 Å². The first kappa shape index (κ1) is 22.7. The summed E-state index contributed by atoms with van der Waals surface area (Å²) in [5.41, 5.74) is 0. The Morgan fingerprint density at radius 3 is 1.00 bits per heavy atom. The molecule has 0 spiro atoms. The van der Waals surface area contributed by atoms with Gasteiger partial charge < -0.3 is 15.1 Å². The summed E-state index contributed by atoms with van der Waals surface area (Å²) < 4.78 is 0. The first-order valence-electron chi connectivity index (χ1n) is 0.775. The van der Waals surface area contributed by atoms with Crippen molar-refractivity contribution in [2.24, 2.45) is 0 Å². The Labute approximate surface area is 98.7 Å². The van der Waals surface area contributed by atoms with Gasteiger partial charge in [0.25, 0.3) is 0 Å². The van der Waals surface area contributed by atoms with Crippen LogP contribution in [0.3, 0.4) is 0 Å². The molecule has 0 heterocycles. The monoisotopic (exact) mass is 185 g/mol. The molecule has 0 fully saturated rings. The van der Waals surface area contributed by atoms with Gasteiger partial charge in [-0.3, -0.25) is 0 Å². The minimum atomic E-state index is -2.17. The van der Waals surface area contributed by atoms with Gasteiger partial charge in [-0.15, -0.1) is 0 Å². The fourth-order valence-corrected chi connectivity index (χ4v) is 0. The third kappa shape index (κ3) is 57.7. The van der Waals surface area contributed by atoms with Crippen LogP contribution in [0.5, 0.6) is 0 Å². The van der Waals surface area contributed by atoms with Gasteiger partial charge in [0.15, 0.2) is 0 Å². The third-order valence-corrected chi connectivity index (χ3v) is 0. The van der Waals surface area contributed by atoms with Crippen LogP contribution in [0.15, 0.2) is 0 Å². The van der Waals surface area contributed by atoms with E-state index in [1.54, 1.807) is 0 Å². The molecule has 7 heteroatoms. The quantitative estimate of drug-likeness (QED) is 0.338. The molecular formula is H7BCaMgMnO3. The zero-order chi connectivity index (χ0) is 3.58. The summed E-state index contributed by atoms with van der Waals surface area (Å²) in [6.07, 6.45) is 0. The summed E-state index contributed by atoms with van der Waals surface area (Å²) >= 11 is 0. The van der Waals surface area contributed by atoms with Crippen LogP contribution >= 0.6 is 0 Å². The number of hydrogen-bond donors (Lipinski definition) is 3. The molecule has 0 aromatic heterocycles. The predicted molar refractivity (Wildman–Crippen MR) is 29.5 cm³/mol. The summed E-state index contributed by atoms with van der Waals surface area (Å²) in [5.74, 6) is 0. The molecule has 3 N–H and O–H groups in total. The summed E-state index contributed by atoms with van der Waals surface area (Å²) in [6, 6.07) is 0. The molecule has 7 heavy (non-hydrogen) atoms. The predicted octanol–water partition coefficient (Wildman–Crippen LogP) is -3.89. The second-order valence-electron chi connectivity index (χ2n) is 0.346. The van der Waals surface area contributed by atoms with Crippen molar-refractivity contribution >= 4 is 68.1 Å². The third-order valence-electron chi connectivity index (χ3n) is 0. The summed E-state index contributed by atoms with van der Waals surface area (Å²) in [6.45, 7) is 0. The smallest absolute Gasteiger partial charge is 0 e. The Morgan fingerprint density at radius 1 is 1.00 bits per heavy atom. The van der Waals surface area contributed by atoms with Crippen molar-refractivity contribution in [2.75, 3.05) is 0 Å². The Hall–Kier alpha value is 2.49. The van der Waals surface area contributed by atoms with Gasteiger partial charge in [0.1, 0.15) is 0 Å². The van der Waals surface area contributed by atoms with Crippen LogP contribution in [0.1, 0.15) is 0 Å². The fourth-order valence-electron chi connectivity index (χ4n) is 0. The van der Waals surface area contributed by atoms with Crippen molar-refractivity contribution in [1.29, 1.82) is 0 Å². The summed E-state index contributed by atoms with van der Waals surface area (Å²) in [5, 5.41) is 21.5. The van der Waals surface area contributed by atoms with E-state index in [1.807, 2.05) is 0 Å². The van der Waals surface area contributed by atoms with Crippen molar-refractivity contribution in [3.8, 4) is 0 Å². The van der Waals surface area contributed by atoms with E-state index < -0.39 is 7.32 Å².